The highest BCUT2D eigenvalue weighted by Gasteiger charge is 2.17. The number of alkyl carbamates (subject to hydrolysis) is 1. The summed E-state index contributed by atoms with van der Waals surface area (Å²) in [5, 5.41) is 6.46. The molecule has 0 radical (unpaired) electrons. The van der Waals surface area contributed by atoms with E-state index in [0.29, 0.717) is 18.6 Å². The summed E-state index contributed by atoms with van der Waals surface area (Å²) in [6.07, 6.45) is 10.4. The molecule has 0 atom stereocenters. The first-order valence-electron chi connectivity index (χ1n) is 9.32. The molecule has 0 heterocycles. The summed E-state index contributed by atoms with van der Waals surface area (Å²) in [4.78, 5) is 11.5. The number of nitrogens with one attached hydrogen (secondary N) is 2. The Morgan fingerprint density at radius 1 is 1.00 bits per heavy atom. The quantitative estimate of drug-likeness (QED) is 0.568. The highest BCUT2D eigenvalue weighted by molar-refractivity contribution is 5.67. The maximum Gasteiger partial charge on any atom is 0.407 e. The van der Waals surface area contributed by atoms with Crippen LogP contribution in [0.15, 0.2) is 0 Å². The molecule has 23 heavy (non-hydrogen) atoms. The Kier molecular flexibility index (Phi) is 9.56. The molecular weight excluding hydrogens is 290 g/mol. The smallest absolute Gasteiger partial charge is 0.407 e. The minimum absolute atomic E-state index is 0.311. The Morgan fingerprint density at radius 3 is 2.17 bits per heavy atom. The van der Waals surface area contributed by atoms with Crippen LogP contribution in [-0.2, 0) is 4.74 Å². The third-order valence-electron chi connectivity index (χ3n) is 4.23. The molecule has 0 aliphatic heterocycles. The van der Waals surface area contributed by atoms with Crippen molar-refractivity contribution >= 4 is 6.09 Å². The Hall–Kier alpha value is -0.810. The largest absolute Gasteiger partial charge is 0.444 e. The Labute approximate surface area is 142 Å². The first-order chi connectivity index (χ1) is 10.9. The fourth-order valence-electron chi connectivity index (χ4n) is 2.91. The minimum Gasteiger partial charge on any atom is -0.444 e. The second kappa shape index (κ2) is 10.9. The van der Waals surface area contributed by atoms with E-state index in [1.165, 1.54) is 44.9 Å². The molecule has 5 heteroatoms. The van der Waals surface area contributed by atoms with Gasteiger partial charge in [-0.15, -0.1) is 0 Å². The first kappa shape index (κ1) is 20.2. The minimum atomic E-state index is -0.416. The molecule has 4 N–H and O–H groups in total. The summed E-state index contributed by atoms with van der Waals surface area (Å²) in [5.41, 5.74) is 5.50. The second-order valence-electron chi connectivity index (χ2n) is 7.76. The fourth-order valence-corrected chi connectivity index (χ4v) is 2.91. The molecule has 0 spiro atoms. The van der Waals surface area contributed by atoms with E-state index in [-0.39, 0.29) is 6.09 Å². The Bertz CT molecular complexity index is 321. The van der Waals surface area contributed by atoms with Crippen LogP contribution in [0.1, 0.15) is 78.6 Å². The van der Waals surface area contributed by atoms with Crippen molar-refractivity contribution in [1.29, 1.82) is 0 Å². The normalized spacial score (nSPS) is 21.9. The molecule has 1 fully saturated rings. The van der Waals surface area contributed by atoms with Gasteiger partial charge >= 0.3 is 6.09 Å². The van der Waals surface area contributed by atoms with Gasteiger partial charge < -0.3 is 21.1 Å². The molecule has 0 unspecified atom stereocenters. The highest BCUT2D eigenvalue weighted by atomic mass is 16.6. The van der Waals surface area contributed by atoms with Crippen LogP contribution in [0, 0.1) is 0 Å². The number of nitrogens with two attached hydrogens (primary N) is 1. The van der Waals surface area contributed by atoms with Gasteiger partial charge in [0.05, 0.1) is 0 Å². The number of rotatable bonds is 9. The predicted molar refractivity (Wildman–Crippen MR) is 95.6 cm³/mol. The third-order valence-corrected chi connectivity index (χ3v) is 4.23. The third kappa shape index (κ3) is 11.4. The monoisotopic (exact) mass is 327 g/mol. The lowest BCUT2D eigenvalue weighted by Gasteiger charge is -2.26. The highest BCUT2D eigenvalue weighted by Crippen LogP contribution is 2.16. The van der Waals surface area contributed by atoms with Crippen LogP contribution in [-0.4, -0.2) is 36.9 Å². The number of hydrogen-bond donors (Lipinski definition) is 3. The maximum atomic E-state index is 11.5. The van der Waals surface area contributed by atoms with Crippen LogP contribution in [0.2, 0.25) is 0 Å². The van der Waals surface area contributed by atoms with E-state index >= 15 is 0 Å². The fraction of sp³-hybridized carbons (Fsp3) is 0.944. The number of hydrogen-bond acceptors (Lipinski definition) is 4. The molecule has 5 nitrogen and oxygen atoms in total. The van der Waals surface area contributed by atoms with Crippen molar-refractivity contribution in [3.63, 3.8) is 0 Å². The van der Waals surface area contributed by atoms with Crippen molar-refractivity contribution in [2.24, 2.45) is 5.73 Å². The lowest BCUT2D eigenvalue weighted by Crippen LogP contribution is -2.37. The average molecular weight is 328 g/mol. The van der Waals surface area contributed by atoms with E-state index in [9.17, 15) is 4.79 Å². The maximum absolute atomic E-state index is 11.5. The number of carbonyl (C=O) groups excluding carboxylic acids is 1. The van der Waals surface area contributed by atoms with Gasteiger partial charge in [-0.2, -0.15) is 0 Å². The summed E-state index contributed by atoms with van der Waals surface area (Å²) >= 11 is 0. The Morgan fingerprint density at radius 2 is 1.57 bits per heavy atom. The van der Waals surface area contributed by atoms with Gasteiger partial charge in [0, 0.05) is 18.6 Å². The van der Waals surface area contributed by atoms with E-state index in [2.05, 4.69) is 10.6 Å². The van der Waals surface area contributed by atoms with Crippen molar-refractivity contribution in [3.8, 4) is 0 Å². The van der Waals surface area contributed by atoms with Crippen molar-refractivity contribution < 1.29 is 9.53 Å². The number of unbranched alkanes of at least 4 members (excludes halogenated alkanes) is 4. The molecule has 0 bridgehead atoms. The van der Waals surface area contributed by atoms with Gasteiger partial charge in [-0.05, 0) is 65.8 Å². The molecule has 1 aliphatic carbocycles. The zero-order valence-electron chi connectivity index (χ0n) is 15.3. The molecule has 1 aliphatic rings. The van der Waals surface area contributed by atoms with Gasteiger partial charge in [0.25, 0.3) is 0 Å². The Balaban J connectivity index is 1.84. The SMILES string of the molecule is CC(C)(C)OC(=O)NCCCCCCCNC1CCC(N)CC1. The first-order valence-corrected chi connectivity index (χ1v) is 9.32. The number of amides is 1. The average Bonchev–Trinajstić information content (AvgIpc) is 2.45. The molecule has 1 amide bonds. The van der Waals surface area contributed by atoms with Crippen LogP contribution in [0.4, 0.5) is 4.79 Å². The molecule has 136 valence electrons. The van der Waals surface area contributed by atoms with Gasteiger partial charge in [-0.1, -0.05) is 19.3 Å². The van der Waals surface area contributed by atoms with E-state index in [1.807, 2.05) is 20.8 Å². The molecule has 0 aromatic rings. The topological polar surface area (TPSA) is 76.4 Å². The molecule has 1 saturated carbocycles. The summed E-state index contributed by atoms with van der Waals surface area (Å²) in [7, 11) is 0. The van der Waals surface area contributed by atoms with E-state index in [4.69, 9.17) is 10.5 Å². The van der Waals surface area contributed by atoms with Crippen LogP contribution in [0.25, 0.3) is 0 Å². The lowest BCUT2D eigenvalue weighted by atomic mass is 9.92. The second-order valence-corrected chi connectivity index (χ2v) is 7.76. The van der Waals surface area contributed by atoms with Crippen LogP contribution in [0.3, 0.4) is 0 Å². The summed E-state index contributed by atoms with van der Waals surface area (Å²) in [6.45, 7) is 7.46. The van der Waals surface area contributed by atoms with Crippen molar-refractivity contribution in [2.75, 3.05) is 13.1 Å². The standard InChI is InChI=1S/C18H37N3O2/c1-18(2,3)23-17(22)21-14-8-6-4-5-7-13-20-16-11-9-15(19)10-12-16/h15-16,20H,4-14,19H2,1-3H3,(H,21,22). The van der Waals surface area contributed by atoms with Crippen molar-refractivity contribution in [1.82, 2.24) is 10.6 Å². The summed E-state index contributed by atoms with van der Waals surface area (Å²) < 4.78 is 5.20. The van der Waals surface area contributed by atoms with Gasteiger partial charge in [0.15, 0.2) is 0 Å². The molecule has 0 saturated heterocycles. The van der Waals surface area contributed by atoms with Crippen LogP contribution >= 0.6 is 0 Å². The van der Waals surface area contributed by atoms with Gasteiger partial charge in [0.1, 0.15) is 5.60 Å². The zero-order valence-corrected chi connectivity index (χ0v) is 15.3. The molecule has 0 aromatic heterocycles. The molecular formula is C18H37N3O2. The van der Waals surface area contributed by atoms with Gasteiger partial charge in [-0.25, -0.2) is 4.79 Å². The van der Waals surface area contributed by atoms with Crippen molar-refractivity contribution in [3.05, 3.63) is 0 Å². The van der Waals surface area contributed by atoms with E-state index < -0.39 is 5.60 Å². The zero-order chi connectivity index (χ0) is 17.1. The molecule has 0 aromatic carbocycles. The number of ether oxygens (including phenoxy) is 1. The van der Waals surface area contributed by atoms with Crippen LogP contribution < -0.4 is 16.4 Å². The molecule has 1 rings (SSSR count). The van der Waals surface area contributed by atoms with Crippen molar-refractivity contribution in [2.45, 2.75) is 96.2 Å². The summed E-state index contributed by atoms with van der Waals surface area (Å²) in [6, 6.07) is 1.12. The summed E-state index contributed by atoms with van der Waals surface area (Å²) in [5.74, 6) is 0. The van der Waals surface area contributed by atoms with E-state index in [0.717, 1.165) is 19.4 Å². The van der Waals surface area contributed by atoms with Gasteiger partial charge in [0.2, 0.25) is 0 Å². The predicted octanol–water partition coefficient (Wildman–Crippen LogP) is 3.32. The lowest BCUT2D eigenvalue weighted by molar-refractivity contribution is 0.0527. The van der Waals surface area contributed by atoms with Gasteiger partial charge in [-0.3, -0.25) is 0 Å². The van der Waals surface area contributed by atoms with Crippen LogP contribution in [0.5, 0.6) is 0 Å². The number of carbonyl (C=O) groups is 1. The van der Waals surface area contributed by atoms with E-state index in [1.54, 1.807) is 0 Å².